The predicted molar refractivity (Wildman–Crippen MR) is 96.7 cm³/mol. The number of hydrogen-bond acceptors (Lipinski definition) is 3. The molecule has 0 fully saturated rings. The number of para-hydroxylation sites is 1. The van der Waals surface area contributed by atoms with Crippen molar-refractivity contribution in [2.24, 2.45) is 5.92 Å². The van der Waals surface area contributed by atoms with Crippen molar-refractivity contribution in [2.75, 3.05) is 18.9 Å². The van der Waals surface area contributed by atoms with Crippen LogP contribution in [0.5, 0.6) is 11.5 Å². The number of nitrogens with one attached hydrogen (secondary N) is 2. The summed E-state index contributed by atoms with van der Waals surface area (Å²) in [6, 6.07) is 15.3. The average Bonchev–Trinajstić information content (AvgIpc) is 2.51. The van der Waals surface area contributed by atoms with E-state index < -0.39 is 0 Å². The highest BCUT2D eigenvalue weighted by Gasteiger charge is 2.15. The van der Waals surface area contributed by atoms with Gasteiger partial charge in [-0.25, -0.2) is 0 Å². The zero-order chi connectivity index (χ0) is 15.9. The molecule has 0 bridgehead atoms. The molecule has 2 N–H and O–H groups in total. The molecule has 2 rings (SSSR count). The van der Waals surface area contributed by atoms with E-state index in [1.54, 1.807) is 0 Å². The third-order valence-corrected chi connectivity index (χ3v) is 3.32. The van der Waals surface area contributed by atoms with E-state index in [0.29, 0.717) is 18.0 Å². The second kappa shape index (κ2) is 9.18. The number of hydrogen-bond donors (Lipinski definition) is 2. The van der Waals surface area contributed by atoms with E-state index in [9.17, 15) is 4.79 Å². The van der Waals surface area contributed by atoms with Gasteiger partial charge in [-0.3, -0.25) is 4.79 Å². The highest BCUT2D eigenvalue weighted by Crippen LogP contribution is 2.30. The van der Waals surface area contributed by atoms with Crippen LogP contribution in [0.15, 0.2) is 48.5 Å². The van der Waals surface area contributed by atoms with E-state index in [4.69, 9.17) is 4.74 Å². The van der Waals surface area contributed by atoms with Crippen LogP contribution < -0.4 is 15.4 Å². The van der Waals surface area contributed by atoms with Gasteiger partial charge in [0.05, 0.1) is 5.69 Å². The maximum Gasteiger partial charge on any atom is 0.228 e. The molecule has 0 spiro atoms. The molecule has 2 aromatic rings. The average molecular weight is 335 g/mol. The summed E-state index contributed by atoms with van der Waals surface area (Å²) in [5.74, 6) is 1.24. The van der Waals surface area contributed by atoms with Crippen LogP contribution in [0.1, 0.15) is 12.5 Å². The molecular formula is C18H23ClN2O2. The second-order valence-corrected chi connectivity index (χ2v) is 5.36. The number of rotatable bonds is 6. The Balaban J connectivity index is 0.00000264. The molecule has 1 amide bonds. The van der Waals surface area contributed by atoms with Gasteiger partial charge in [0.2, 0.25) is 5.91 Å². The first-order chi connectivity index (χ1) is 10.6. The van der Waals surface area contributed by atoms with Gasteiger partial charge in [0.15, 0.2) is 5.75 Å². The first-order valence-electron chi connectivity index (χ1n) is 7.39. The van der Waals surface area contributed by atoms with Gasteiger partial charge in [0.1, 0.15) is 5.75 Å². The van der Waals surface area contributed by atoms with Crippen molar-refractivity contribution < 1.29 is 9.53 Å². The van der Waals surface area contributed by atoms with E-state index in [-0.39, 0.29) is 24.2 Å². The first kappa shape index (κ1) is 19.0. The molecule has 5 heteroatoms. The highest BCUT2D eigenvalue weighted by atomic mass is 35.5. The monoisotopic (exact) mass is 334 g/mol. The fourth-order valence-electron chi connectivity index (χ4n) is 2.10. The molecule has 0 aromatic heterocycles. The van der Waals surface area contributed by atoms with E-state index in [1.807, 2.05) is 69.4 Å². The molecule has 23 heavy (non-hydrogen) atoms. The summed E-state index contributed by atoms with van der Waals surface area (Å²) in [6.45, 7) is 4.50. The molecule has 0 radical (unpaired) electrons. The van der Waals surface area contributed by atoms with Crippen molar-refractivity contribution >= 4 is 24.0 Å². The quantitative estimate of drug-likeness (QED) is 0.839. The molecule has 1 atom stereocenters. The normalized spacial score (nSPS) is 11.3. The van der Waals surface area contributed by atoms with Crippen molar-refractivity contribution in [3.8, 4) is 11.5 Å². The lowest BCUT2D eigenvalue weighted by atomic mass is 10.1. The minimum atomic E-state index is -0.116. The third-order valence-electron chi connectivity index (χ3n) is 3.32. The lowest BCUT2D eigenvalue weighted by molar-refractivity contribution is -0.119. The molecular weight excluding hydrogens is 312 g/mol. The van der Waals surface area contributed by atoms with Crippen molar-refractivity contribution in [2.45, 2.75) is 13.8 Å². The van der Waals surface area contributed by atoms with Gasteiger partial charge in [-0.05, 0) is 43.8 Å². The van der Waals surface area contributed by atoms with Crippen LogP contribution in [-0.2, 0) is 4.79 Å². The second-order valence-electron chi connectivity index (χ2n) is 5.36. The van der Waals surface area contributed by atoms with E-state index in [0.717, 1.165) is 11.3 Å². The Morgan fingerprint density at radius 2 is 1.87 bits per heavy atom. The molecule has 124 valence electrons. The molecule has 0 aliphatic carbocycles. The number of ether oxygens (including phenoxy) is 1. The Bertz CT molecular complexity index is 632. The van der Waals surface area contributed by atoms with Crippen LogP contribution in [-0.4, -0.2) is 19.5 Å². The first-order valence-corrected chi connectivity index (χ1v) is 7.39. The van der Waals surface area contributed by atoms with Crippen molar-refractivity contribution in [3.05, 3.63) is 54.1 Å². The highest BCUT2D eigenvalue weighted by molar-refractivity contribution is 5.94. The maximum atomic E-state index is 12.2. The fraction of sp³-hybridized carbons (Fsp3) is 0.278. The lowest BCUT2D eigenvalue weighted by Gasteiger charge is -2.16. The van der Waals surface area contributed by atoms with Crippen LogP contribution in [0.4, 0.5) is 5.69 Å². The molecule has 0 aliphatic rings. The number of carbonyl (C=O) groups excluding carboxylic acids is 1. The van der Waals surface area contributed by atoms with Gasteiger partial charge in [0.25, 0.3) is 0 Å². The van der Waals surface area contributed by atoms with Gasteiger partial charge in [-0.1, -0.05) is 31.2 Å². The zero-order valence-electron chi connectivity index (χ0n) is 13.6. The smallest absolute Gasteiger partial charge is 0.228 e. The number of aryl methyl sites for hydroxylation is 1. The van der Waals surface area contributed by atoms with E-state index in [2.05, 4.69) is 10.6 Å². The summed E-state index contributed by atoms with van der Waals surface area (Å²) < 4.78 is 5.87. The molecule has 2 aromatic carbocycles. The molecule has 1 unspecified atom stereocenters. The molecule has 0 saturated carbocycles. The number of halogens is 1. The van der Waals surface area contributed by atoms with Gasteiger partial charge >= 0.3 is 0 Å². The van der Waals surface area contributed by atoms with Crippen molar-refractivity contribution in [1.29, 1.82) is 0 Å². The van der Waals surface area contributed by atoms with Gasteiger partial charge in [-0.15, -0.1) is 12.4 Å². The van der Waals surface area contributed by atoms with Crippen molar-refractivity contribution in [1.82, 2.24) is 5.32 Å². The summed E-state index contributed by atoms with van der Waals surface area (Å²) in [5, 5.41) is 5.96. The van der Waals surface area contributed by atoms with Crippen LogP contribution in [0.3, 0.4) is 0 Å². The molecule has 0 aliphatic heterocycles. The lowest BCUT2D eigenvalue weighted by Crippen LogP contribution is -2.28. The summed E-state index contributed by atoms with van der Waals surface area (Å²) in [6.07, 6.45) is 0. The number of amides is 1. The Labute approximate surface area is 143 Å². The summed E-state index contributed by atoms with van der Waals surface area (Å²) in [4.78, 5) is 12.2. The summed E-state index contributed by atoms with van der Waals surface area (Å²) >= 11 is 0. The Hall–Kier alpha value is -2.04. The summed E-state index contributed by atoms with van der Waals surface area (Å²) in [7, 11) is 1.83. The van der Waals surface area contributed by atoms with E-state index in [1.165, 1.54) is 0 Å². The van der Waals surface area contributed by atoms with E-state index >= 15 is 0 Å². The fourth-order valence-corrected chi connectivity index (χ4v) is 2.10. The van der Waals surface area contributed by atoms with Gasteiger partial charge < -0.3 is 15.4 Å². The minimum absolute atomic E-state index is 0. The van der Waals surface area contributed by atoms with Gasteiger partial charge in [0, 0.05) is 12.5 Å². The van der Waals surface area contributed by atoms with Crippen molar-refractivity contribution in [3.63, 3.8) is 0 Å². The van der Waals surface area contributed by atoms with Gasteiger partial charge in [-0.2, -0.15) is 0 Å². The number of anilines is 1. The predicted octanol–water partition coefficient (Wildman–Crippen LogP) is 4.00. The number of carbonyl (C=O) groups is 1. The Morgan fingerprint density at radius 1 is 1.17 bits per heavy atom. The standard InChI is InChI=1S/C18H22N2O2.ClH/c1-13-9-10-17(22-15-7-5-4-6-8-15)16(11-13)20-18(21)14(2)12-19-3;/h4-11,14,19H,12H2,1-3H3,(H,20,21);1H. The third kappa shape index (κ3) is 5.58. The molecule has 0 heterocycles. The Morgan fingerprint density at radius 3 is 2.52 bits per heavy atom. The largest absolute Gasteiger partial charge is 0.455 e. The van der Waals surface area contributed by atoms with Crippen LogP contribution >= 0.6 is 12.4 Å². The van der Waals surface area contributed by atoms with Crippen LogP contribution in [0.2, 0.25) is 0 Å². The Kier molecular flexibility index (Phi) is 7.59. The topological polar surface area (TPSA) is 50.4 Å². The molecule has 0 saturated heterocycles. The molecule has 4 nitrogen and oxygen atoms in total. The summed E-state index contributed by atoms with van der Waals surface area (Å²) in [5.41, 5.74) is 1.76. The van der Waals surface area contributed by atoms with Crippen LogP contribution in [0, 0.1) is 12.8 Å². The van der Waals surface area contributed by atoms with Crippen LogP contribution in [0.25, 0.3) is 0 Å². The number of benzene rings is 2. The minimum Gasteiger partial charge on any atom is -0.455 e. The SMILES string of the molecule is CNCC(C)C(=O)Nc1cc(C)ccc1Oc1ccccc1.Cl. The zero-order valence-corrected chi connectivity index (χ0v) is 14.4. The maximum absolute atomic E-state index is 12.2.